The van der Waals surface area contributed by atoms with Crippen LogP contribution in [0.2, 0.25) is 0 Å². The van der Waals surface area contributed by atoms with Gasteiger partial charge in [-0.25, -0.2) is 0 Å². The molecule has 204 valence electrons. The number of hydrogen-bond donors (Lipinski definition) is 1. The van der Waals surface area contributed by atoms with Crippen molar-refractivity contribution in [1.29, 1.82) is 0 Å². The molecule has 5 aromatic rings. The highest BCUT2D eigenvalue weighted by atomic mass is 32.3. The van der Waals surface area contributed by atoms with Gasteiger partial charge in [0.25, 0.3) is 0 Å². The molecule has 0 spiro atoms. The maximum atomic E-state index is 14.1. The molecule has 0 amide bonds. The van der Waals surface area contributed by atoms with Gasteiger partial charge >= 0.3 is 10.5 Å². The fraction of sp³-hybridized carbons (Fsp3) is 0.258. The van der Waals surface area contributed by atoms with Crippen molar-refractivity contribution in [2.45, 2.75) is 45.1 Å². The highest BCUT2D eigenvalue weighted by Gasteiger charge is 2.25. The molecular weight excluding hydrogens is 531 g/mol. The first-order chi connectivity index (χ1) is 19.3. The van der Waals surface area contributed by atoms with E-state index in [0.717, 1.165) is 53.3 Å². The number of hydrogen-bond acceptors (Lipinski definition) is 5. The highest BCUT2D eigenvalue weighted by Crippen LogP contribution is 2.40. The highest BCUT2D eigenvalue weighted by molar-refractivity contribution is 7.81. The van der Waals surface area contributed by atoms with Gasteiger partial charge in [0, 0.05) is 28.1 Å². The van der Waals surface area contributed by atoms with Crippen LogP contribution in [0.3, 0.4) is 0 Å². The number of H-pyrrole nitrogens is 1. The van der Waals surface area contributed by atoms with Gasteiger partial charge in [-0.15, -0.1) is 6.42 Å². The van der Waals surface area contributed by atoms with Crippen LogP contribution in [0, 0.1) is 12.3 Å². The maximum Gasteiger partial charge on any atom is 0.488 e. The third-order valence-electron chi connectivity index (χ3n) is 7.60. The van der Waals surface area contributed by atoms with Crippen LogP contribution in [-0.4, -0.2) is 24.6 Å². The van der Waals surface area contributed by atoms with Gasteiger partial charge in [0.15, 0.2) is 5.43 Å². The van der Waals surface area contributed by atoms with Crippen molar-refractivity contribution >= 4 is 43.3 Å². The fourth-order valence-corrected chi connectivity index (χ4v) is 6.27. The lowest BCUT2D eigenvalue weighted by atomic mass is 9.93. The zero-order chi connectivity index (χ0) is 28.0. The molecule has 6 rings (SSSR count). The summed E-state index contributed by atoms with van der Waals surface area (Å²) in [6, 6.07) is 15.6. The molecule has 9 heteroatoms. The molecule has 1 aliphatic carbocycles. The van der Waals surface area contributed by atoms with Crippen LogP contribution in [0.25, 0.3) is 44.0 Å². The van der Waals surface area contributed by atoms with Crippen molar-refractivity contribution in [1.82, 2.24) is 9.55 Å². The van der Waals surface area contributed by atoms with Crippen LogP contribution >= 0.6 is 0 Å². The minimum absolute atomic E-state index is 0.120. The van der Waals surface area contributed by atoms with Gasteiger partial charge in [0.1, 0.15) is 17.1 Å². The number of terminal acetylenes is 1. The van der Waals surface area contributed by atoms with Crippen molar-refractivity contribution < 1.29 is 21.2 Å². The molecule has 1 N–H and O–H groups in total. The second-order valence-corrected chi connectivity index (χ2v) is 11.0. The Morgan fingerprint density at radius 2 is 1.88 bits per heavy atom. The van der Waals surface area contributed by atoms with Gasteiger partial charge in [0.2, 0.25) is 0 Å². The van der Waals surface area contributed by atoms with Crippen LogP contribution < -0.4 is 14.3 Å². The minimum Gasteiger partial charge on any atom is -0.493 e. The van der Waals surface area contributed by atoms with Gasteiger partial charge in [-0.05, 0) is 61.7 Å². The summed E-state index contributed by atoms with van der Waals surface area (Å²) < 4.78 is 48.2. The van der Waals surface area contributed by atoms with Crippen molar-refractivity contribution in [3.63, 3.8) is 0 Å². The molecule has 0 saturated heterocycles. The first kappa shape index (κ1) is 26.0. The molecule has 0 unspecified atom stereocenters. The van der Waals surface area contributed by atoms with Crippen LogP contribution in [0.15, 0.2) is 59.4 Å². The average Bonchev–Trinajstić information content (AvgIpc) is 3.31. The number of aromatic amines is 1. The van der Waals surface area contributed by atoms with Crippen LogP contribution in [0.4, 0.5) is 3.89 Å². The second-order valence-electron chi connectivity index (χ2n) is 10.0. The Morgan fingerprint density at radius 1 is 1.07 bits per heavy atom. The van der Waals surface area contributed by atoms with E-state index in [-0.39, 0.29) is 17.2 Å². The van der Waals surface area contributed by atoms with Gasteiger partial charge in [-0.2, -0.15) is 8.42 Å². The van der Waals surface area contributed by atoms with Crippen molar-refractivity contribution in [2.75, 3.05) is 6.61 Å². The first-order valence-electron chi connectivity index (χ1n) is 13.3. The van der Waals surface area contributed by atoms with Crippen molar-refractivity contribution in [2.24, 2.45) is 0 Å². The van der Waals surface area contributed by atoms with Crippen LogP contribution in [-0.2, 0) is 10.5 Å². The normalized spacial score (nSPS) is 14.5. The number of nitrogens with one attached hydrogen (secondary N) is 1. The smallest absolute Gasteiger partial charge is 0.488 e. The second kappa shape index (κ2) is 10.0. The predicted octanol–water partition coefficient (Wildman–Crippen LogP) is 6.78. The van der Waals surface area contributed by atoms with E-state index in [2.05, 4.69) is 19.7 Å². The molecule has 0 bridgehead atoms. The van der Waals surface area contributed by atoms with E-state index in [1.165, 1.54) is 18.6 Å². The zero-order valence-electron chi connectivity index (χ0n) is 21.9. The van der Waals surface area contributed by atoms with E-state index in [0.29, 0.717) is 34.3 Å². The monoisotopic (exact) mass is 558 g/mol. The summed E-state index contributed by atoms with van der Waals surface area (Å²) in [5.41, 5.74) is 4.06. The quantitative estimate of drug-likeness (QED) is 0.183. The molecule has 2 aromatic heterocycles. The molecule has 0 aliphatic heterocycles. The summed E-state index contributed by atoms with van der Waals surface area (Å²) >= 11 is 0. The largest absolute Gasteiger partial charge is 0.493 e. The Kier molecular flexibility index (Phi) is 6.51. The van der Waals surface area contributed by atoms with E-state index in [1.54, 1.807) is 18.2 Å². The number of pyridine rings is 1. The Hall–Kier alpha value is -4.29. The predicted molar refractivity (Wildman–Crippen MR) is 155 cm³/mol. The van der Waals surface area contributed by atoms with Gasteiger partial charge in [0.05, 0.1) is 22.9 Å². The summed E-state index contributed by atoms with van der Waals surface area (Å²) in [5, 5.41) is 1.94. The van der Waals surface area contributed by atoms with E-state index < -0.39 is 10.5 Å². The Morgan fingerprint density at radius 3 is 2.60 bits per heavy atom. The molecule has 7 nitrogen and oxygen atoms in total. The fourth-order valence-electron chi connectivity index (χ4n) is 5.94. The Labute approximate surface area is 230 Å². The molecule has 2 heterocycles. The molecule has 1 aliphatic rings. The zero-order valence-corrected chi connectivity index (χ0v) is 22.7. The molecule has 40 heavy (non-hydrogen) atoms. The number of aromatic nitrogens is 2. The number of nitrogens with zero attached hydrogens (tertiary/aromatic N) is 1. The Balaban J connectivity index is 1.70. The third kappa shape index (κ3) is 4.58. The van der Waals surface area contributed by atoms with Crippen LogP contribution in [0.1, 0.15) is 50.6 Å². The third-order valence-corrected chi connectivity index (χ3v) is 7.99. The summed E-state index contributed by atoms with van der Waals surface area (Å²) in [5.74, 6) is 2.95. The average molecular weight is 559 g/mol. The van der Waals surface area contributed by atoms with E-state index in [1.807, 2.05) is 31.2 Å². The summed E-state index contributed by atoms with van der Waals surface area (Å²) in [6.07, 6.45) is 10.9. The number of rotatable bonds is 6. The summed E-state index contributed by atoms with van der Waals surface area (Å²) in [6.45, 7) is 2.18. The molecule has 0 atom stereocenters. The van der Waals surface area contributed by atoms with E-state index in [9.17, 15) is 17.1 Å². The lowest BCUT2D eigenvalue weighted by Gasteiger charge is -2.27. The lowest BCUT2D eigenvalue weighted by molar-refractivity contribution is 0.342. The minimum atomic E-state index is -5.19. The molecule has 1 fully saturated rings. The topological polar surface area (TPSA) is 90.4 Å². The van der Waals surface area contributed by atoms with E-state index >= 15 is 0 Å². The lowest BCUT2D eigenvalue weighted by Crippen LogP contribution is -2.18. The van der Waals surface area contributed by atoms with Crippen molar-refractivity contribution in [3.05, 3.63) is 70.4 Å². The van der Waals surface area contributed by atoms with E-state index in [4.69, 9.17) is 11.2 Å². The number of ether oxygens (including phenoxy) is 1. The SMILES string of the molecule is C#Cc1ccc2c(c1)[nH]c1c2c(=O)c2cc(OCC)c(-c3cccc(OS(=O)(=O)F)c3)cc2n1C1CCCCC1. The number of benzene rings is 3. The van der Waals surface area contributed by atoms with Gasteiger partial charge in [-0.3, -0.25) is 4.79 Å². The molecule has 1 saturated carbocycles. The molecule has 3 aromatic carbocycles. The Bertz CT molecular complexity index is 2000. The van der Waals surface area contributed by atoms with Crippen LogP contribution in [0.5, 0.6) is 11.5 Å². The van der Waals surface area contributed by atoms with Crippen molar-refractivity contribution in [3.8, 4) is 35.0 Å². The van der Waals surface area contributed by atoms with Gasteiger partial charge < -0.3 is 18.5 Å². The standard InChI is InChI=1S/C31H27FN2O5S/c1-3-19-13-14-23-26(15-19)33-31-29(23)30(35)25-18-28(38-4-2)24(17-27(25)34(31)21-10-6-5-7-11-21)20-9-8-12-22(16-20)39-40(32,36)37/h1,8-9,12-18,21,33H,4-7,10-11H2,2H3. The summed E-state index contributed by atoms with van der Waals surface area (Å²) in [7, 11) is -5.19. The maximum absolute atomic E-state index is 14.1. The molecule has 0 radical (unpaired) electrons. The van der Waals surface area contributed by atoms with Gasteiger partial charge in [-0.1, -0.05) is 47.3 Å². The number of halogens is 1. The summed E-state index contributed by atoms with van der Waals surface area (Å²) in [4.78, 5) is 17.6. The first-order valence-corrected chi connectivity index (χ1v) is 14.6. The number of fused-ring (bicyclic) bond motifs is 4. The molecular formula is C31H27FN2O5S.